The molecule has 3 nitrogen and oxygen atoms in total. The minimum Gasteiger partial charge on any atom is -0.357 e. The molecule has 0 aliphatic rings. The Morgan fingerprint density at radius 3 is 2.92 bits per heavy atom. The molecule has 0 radical (unpaired) electrons. The lowest BCUT2D eigenvalue weighted by molar-refractivity contribution is 0.999. The summed E-state index contributed by atoms with van der Waals surface area (Å²) in [7, 11) is 1.83. The number of rotatable bonds is 4. The molecular weight excluding hydrogens is 182 g/mol. The SMILES string of the molecule is CCCSc1nc(NC)ncc1C. The van der Waals surface area contributed by atoms with Gasteiger partial charge >= 0.3 is 0 Å². The Balaban J connectivity index is 2.78. The Kier molecular flexibility index (Phi) is 4.02. The second-order valence-electron chi connectivity index (χ2n) is 2.78. The third-order valence-electron chi connectivity index (χ3n) is 1.59. The van der Waals surface area contributed by atoms with Gasteiger partial charge in [-0.25, -0.2) is 9.97 Å². The van der Waals surface area contributed by atoms with Gasteiger partial charge in [-0.15, -0.1) is 11.8 Å². The molecule has 1 heterocycles. The van der Waals surface area contributed by atoms with E-state index in [-0.39, 0.29) is 0 Å². The summed E-state index contributed by atoms with van der Waals surface area (Å²) in [6.07, 6.45) is 3.03. The summed E-state index contributed by atoms with van der Waals surface area (Å²) < 4.78 is 0. The second kappa shape index (κ2) is 5.07. The van der Waals surface area contributed by atoms with E-state index in [0.29, 0.717) is 5.95 Å². The summed E-state index contributed by atoms with van der Waals surface area (Å²) in [5.74, 6) is 1.81. The molecule has 0 saturated heterocycles. The fourth-order valence-corrected chi connectivity index (χ4v) is 1.72. The Bertz CT molecular complexity index is 276. The van der Waals surface area contributed by atoms with Crippen molar-refractivity contribution in [3.05, 3.63) is 11.8 Å². The van der Waals surface area contributed by atoms with Gasteiger partial charge in [0, 0.05) is 13.2 Å². The Labute approximate surface area is 83.4 Å². The highest BCUT2D eigenvalue weighted by Gasteiger charge is 2.02. The highest BCUT2D eigenvalue weighted by Crippen LogP contribution is 2.20. The fraction of sp³-hybridized carbons (Fsp3) is 0.556. The molecule has 0 bridgehead atoms. The standard InChI is InChI=1S/C9H15N3S/c1-4-5-13-8-7(2)6-11-9(10-3)12-8/h6H,4-5H2,1-3H3,(H,10,11,12). The van der Waals surface area contributed by atoms with Crippen LogP contribution in [-0.2, 0) is 0 Å². The van der Waals surface area contributed by atoms with Crippen LogP contribution in [0.25, 0.3) is 0 Å². The van der Waals surface area contributed by atoms with Gasteiger partial charge in [-0.3, -0.25) is 0 Å². The molecule has 0 atom stereocenters. The van der Waals surface area contributed by atoms with Gasteiger partial charge in [0.15, 0.2) is 0 Å². The van der Waals surface area contributed by atoms with Crippen molar-refractivity contribution < 1.29 is 0 Å². The van der Waals surface area contributed by atoms with Crippen LogP contribution in [-0.4, -0.2) is 22.8 Å². The number of nitrogens with zero attached hydrogens (tertiary/aromatic N) is 2. The van der Waals surface area contributed by atoms with E-state index in [2.05, 4.69) is 22.2 Å². The number of aromatic nitrogens is 2. The van der Waals surface area contributed by atoms with Gasteiger partial charge in [0.25, 0.3) is 0 Å². The van der Waals surface area contributed by atoms with E-state index in [1.807, 2.05) is 20.2 Å². The second-order valence-corrected chi connectivity index (χ2v) is 3.86. The highest BCUT2D eigenvalue weighted by molar-refractivity contribution is 7.99. The van der Waals surface area contributed by atoms with Crippen LogP contribution in [0.15, 0.2) is 11.2 Å². The van der Waals surface area contributed by atoms with Crippen molar-refractivity contribution in [3.8, 4) is 0 Å². The van der Waals surface area contributed by atoms with Gasteiger partial charge in [-0.1, -0.05) is 6.92 Å². The van der Waals surface area contributed by atoms with Crippen molar-refractivity contribution >= 4 is 17.7 Å². The zero-order valence-corrected chi connectivity index (χ0v) is 9.11. The summed E-state index contributed by atoms with van der Waals surface area (Å²) in [5, 5.41) is 4.02. The molecule has 4 heteroatoms. The molecule has 0 fully saturated rings. The minimum atomic E-state index is 0.698. The third kappa shape index (κ3) is 2.88. The van der Waals surface area contributed by atoms with E-state index in [0.717, 1.165) is 16.3 Å². The van der Waals surface area contributed by atoms with Crippen LogP contribution < -0.4 is 5.32 Å². The van der Waals surface area contributed by atoms with Crippen molar-refractivity contribution in [1.82, 2.24) is 9.97 Å². The van der Waals surface area contributed by atoms with E-state index >= 15 is 0 Å². The molecule has 1 rings (SSSR count). The largest absolute Gasteiger partial charge is 0.357 e. The number of anilines is 1. The predicted octanol–water partition coefficient (Wildman–Crippen LogP) is 2.33. The first-order chi connectivity index (χ1) is 6.27. The topological polar surface area (TPSA) is 37.8 Å². The van der Waals surface area contributed by atoms with Gasteiger partial charge in [-0.2, -0.15) is 0 Å². The van der Waals surface area contributed by atoms with E-state index in [1.54, 1.807) is 11.8 Å². The predicted molar refractivity (Wildman–Crippen MR) is 57.3 cm³/mol. The molecule has 0 aliphatic carbocycles. The molecule has 0 aromatic carbocycles. The minimum absolute atomic E-state index is 0.698. The Morgan fingerprint density at radius 2 is 2.31 bits per heavy atom. The number of nitrogens with one attached hydrogen (secondary N) is 1. The van der Waals surface area contributed by atoms with Gasteiger partial charge in [-0.05, 0) is 24.7 Å². The van der Waals surface area contributed by atoms with Crippen LogP contribution in [0.1, 0.15) is 18.9 Å². The van der Waals surface area contributed by atoms with E-state index < -0.39 is 0 Å². The molecule has 13 heavy (non-hydrogen) atoms. The number of hydrogen-bond donors (Lipinski definition) is 1. The van der Waals surface area contributed by atoms with E-state index in [1.165, 1.54) is 6.42 Å². The summed E-state index contributed by atoms with van der Waals surface area (Å²) in [6, 6.07) is 0. The molecule has 1 N–H and O–H groups in total. The first-order valence-electron chi connectivity index (χ1n) is 4.42. The molecule has 0 amide bonds. The monoisotopic (exact) mass is 197 g/mol. The summed E-state index contributed by atoms with van der Waals surface area (Å²) in [5.41, 5.74) is 1.15. The average molecular weight is 197 g/mol. The Morgan fingerprint density at radius 1 is 1.54 bits per heavy atom. The fourth-order valence-electron chi connectivity index (χ4n) is 0.892. The van der Waals surface area contributed by atoms with Crippen LogP contribution in [0, 0.1) is 6.92 Å². The van der Waals surface area contributed by atoms with Crippen molar-refractivity contribution in [3.63, 3.8) is 0 Å². The first kappa shape index (κ1) is 10.3. The number of thioether (sulfide) groups is 1. The molecule has 1 aromatic heterocycles. The zero-order valence-electron chi connectivity index (χ0n) is 8.29. The lowest BCUT2D eigenvalue weighted by Crippen LogP contribution is -1.98. The smallest absolute Gasteiger partial charge is 0.223 e. The average Bonchev–Trinajstić information content (AvgIpc) is 2.17. The summed E-state index contributed by atoms with van der Waals surface area (Å²) in [4.78, 5) is 8.50. The first-order valence-corrected chi connectivity index (χ1v) is 5.40. The van der Waals surface area contributed by atoms with Crippen LogP contribution >= 0.6 is 11.8 Å². The van der Waals surface area contributed by atoms with Crippen LogP contribution in [0.2, 0.25) is 0 Å². The molecule has 72 valence electrons. The van der Waals surface area contributed by atoms with Crippen molar-refractivity contribution in [2.24, 2.45) is 0 Å². The van der Waals surface area contributed by atoms with E-state index in [4.69, 9.17) is 0 Å². The lowest BCUT2D eigenvalue weighted by atomic mass is 10.4. The normalized spacial score (nSPS) is 10.1. The summed E-state index contributed by atoms with van der Waals surface area (Å²) in [6.45, 7) is 4.21. The number of hydrogen-bond acceptors (Lipinski definition) is 4. The third-order valence-corrected chi connectivity index (χ3v) is 2.89. The highest BCUT2D eigenvalue weighted by atomic mass is 32.2. The van der Waals surface area contributed by atoms with Crippen LogP contribution in [0.4, 0.5) is 5.95 Å². The number of aryl methyl sites for hydroxylation is 1. The van der Waals surface area contributed by atoms with Crippen molar-refractivity contribution in [2.75, 3.05) is 18.1 Å². The Hall–Kier alpha value is -0.770. The molecular formula is C9H15N3S. The quantitative estimate of drug-likeness (QED) is 0.594. The maximum atomic E-state index is 4.37. The van der Waals surface area contributed by atoms with Crippen molar-refractivity contribution in [2.45, 2.75) is 25.3 Å². The van der Waals surface area contributed by atoms with E-state index in [9.17, 15) is 0 Å². The van der Waals surface area contributed by atoms with Gasteiger partial charge in [0.2, 0.25) is 5.95 Å². The molecule has 1 aromatic rings. The van der Waals surface area contributed by atoms with Crippen molar-refractivity contribution in [1.29, 1.82) is 0 Å². The van der Waals surface area contributed by atoms with Gasteiger partial charge < -0.3 is 5.32 Å². The molecule has 0 unspecified atom stereocenters. The van der Waals surface area contributed by atoms with Gasteiger partial charge in [0.05, 0.1) is 0 Å². The maximum Gasteiger partial charge on any atom is 0.223 e. The van der Waals surface area contributed by atoms with Crippen LogP contribution in [0.3, 0.4) is 0 Å². The zero-order chi connectivity index (χ0) is 9.68. The molecule has 0 aliphatic heterocycles. The molecule has 0 spiro atoms. The lowest BCUT2D eigenvalue weighted by Gasteiger charge is -2.04. The molecule has 0 saturated carbocycles. The van der Waals surface area contributed by atoms with Gasteiger partial charge in [0.1, 0.15) is 5.03 Å². The summed E-state index contributed by atoms with van der Waals surface area (Å²) >= 11 is 1.79. The maximum absolute atomic E-state index is 4.37. The van der Waals surface area contributed by atoms with Crippen LogP contribution in [0.5, 0.6) is 0 Å².